The van der Waals surface area contributed by atoms with E-state index >= 15 is 0 Å². The number of aryl methyl sites for hydroxylation is 1. The molecule has 174 valence electrons. The molecule has 3 heterocycles. The van der Waals surface area contributed by atoms with Crippen LogP contribution in [0.2, 0.25) is 0 Å². The van der Waals surface area contributed by atoms with E-state index in [0.29, 0.717) is 42.9 Å². The maximum absolute atomic E-state index is 13.2. The largest absolute Gasteiger partial charge is 0.484 e. The van der Waals surface area contributed by atoms with Crippen LogP contribution in [0.5, 0.6) is 5.75 Å². The van der Waals surface area contributed by atoms with Gasteiger partial charge in [-0.05, 0) is 78.2 Å². The predicted molar refractivity (Wildman–Crippen MR) is 131 cm³/mol. The van der Waals surface area contributed by atoms with E-state index in [9.17, 15) is 14.4 Å². The first-order chi connectivity index (χ1) is 16.5. The fraction of sp³-hybridized carbons (Fsp3) is 0.269. The van der Waals surface area contributed by atoms with Crippen molar-refractivity contribution in [3.8, 4) is 5.75 Å². The highest BCUT2D eigenvalue weighted by atomic mass is 32.1. The smallest absolute Gasteiger partial charge is 0.262 e. The molecular weight excluding hydrogens is 450 g/mol. The molecule has 0 saturated heterocycles. The Morgan fingerprint density at radius 2 is 2.00 bits per heavy atom. The average Bonchev–Trinajstić information content (AvgIpc) is 3.31. The van der Waals surface area contributed by atoms with Gasteiger partial charge in [0, 0.05) is 41.3 Å². The van der Waals surface area contributed by atoms with Crippen molar-refractivity contribution in [2.75, 3.05) is 23.8 Å². The molecule has 0 atom stereocenters. The SMILES string of the molecule is Cc1c(NC(=O)COc2ccc3c(c2)CCC(=O)N3)cccc1C(=O)N1CCc2sccc2C1. The quantitative estimate of drug-likeness (QED) is 0.580. The average molecular weight is 476 g/mol. The van der Waals surface area contributed by atoms with Gasteiger partial charge in [0.15, 0.2) is 6.61 Å². The monoisotopic (exact) mass is 475 g/mol. The lowest BCUT2D eigenvalue weighted by Crippen LogP contribution is -2.35. The number of nitrogens with one attached hydrogen (secondary N) is 2. The van der Waals surface area contributed by atoms with Crippen LogP contribution in [-0.4, -0.2) is 35.8 Å². The van der Waals surface area contributed by atoms with E-state index in [4.69, 9.17) is 4.74 Å². The summed E-state index contributed by atoms with van der Waals surface area (Å²) in [7, 11) is 0. The van der Waals surface area contributed by atoms with Crippen LogP contribution in [0.3, 0.4) is 0 Å². The molecule has 0 unspecified atom stereocenters. The minimum absolute atomic E-state index is 0.00753. The molecule has 8 heteroatoms. The van der Waals surface area contributed by atoms with Crippen molar-refractivity contribution in [1.82, 2.24) is 4.90 Å². The summed E-state index contributed by atoms with van der Waals surface area (Å²) in [5, 5.41) is 7.77. The highest BCUT2D eigenvalue weighted by Gasteiger charge is 2.24. The van der Waals surface area contributed by atoms with Gasteiger partial charge in [0.05, 0.1) is 0 Å². The molecule has 0 aliphatic carbocycles. The lowest BCUT2D eigenvalue weighted by molar-refractivity contribution is -0.118. The Bertz CT molecular complexity index is 1280. The Labute approximate surface area is 201 Å². The van der Waals surface area contributed by atoms with Gasteiger partial charge >= 0.3 is 0 Å². The van der Waals surface area contributed by atoms with E-state index in [1.54, 1.807) is 41.7 Å². The fourth-order valence-corrected chi connectivity index (χ4v) is 5.27. The van der Waals surface area contributed by atoms with Gasteiger partial charge in [-0.25, -0.2) is 0 Å². The first-order valence-corrected chi connectivity index (χ1v) is 12.2. The molecule has 2 N–H and O–H groups in total. The Kier molecular flexibility index (Phi) is 6.06. The third kappa shape index (κ3) is 4.54. The predicted octanol–water partition coefficient (Wildman–Crippen LogP) is 4.16. The molecule has 0 bridgehead atoms. The molecular formula is C26H25N3O4S. The molecule has 1 aromatic heterocycles. The summed E-state index contributed by atoms with van der Waals surface area (Å²) in [5.74, 6) is 0.249. The van der Waals surface area contributed by atoms with Crippen LogP contribution in [0.4, 0.5) is 11.4 Å². The molecule has 0 saturated carbocycles. The number of fused-ring (bicyclic) bond motifs is 2. The maximum Gasteiger partial charge on any atom is 0.262 e. The van der Waals surface area contributed by atoms with Crippen molar-refractivity contribution in [2.24, 2.45) is 0 Å². The Morgan fingerprint density at radius 3 is 2.88 bits per heavy atom. The summed E-state index contributed by atoms with van der Waals surface area (Å²) in [6.45, 7) is 3.00. The third-order valence-electron chi connectivity index (χ3n) is 6.28. The molecule has 34 heavy (non-hydrogen) atoms. The molecule has 0 radical (unpaired) electrons. The second kappa shape index (κ2) is 9.30. The molecule has 0 spiro atoms. The highest BCUT2D eigenvalue weighted by Crippen LogP contribution is 2.28. The number of anilines is 2. The molecule has 3 amide bonds. The van der Waals surface area contributed by atoms with Crippen molar-refractivity contribution in [1.29, 1.82) is 0 Å². The van der Waals surface area contributed by atoms with E-state index in [1.165, 1.54) is 10.4 Å². The number of carbonyl (C=O) groups is 3. The van der Waals surface area contributed by atoms with Gasteiger partial charge in [-0.3, -0.25) is 14.4 Å². The molecule has 2 aliphatic rings. The van der Waals surface area contributed by atoms with E-state index in [2.05, 4.69) is 22.1 Å². The first kappa shape index (κ1) is 22.2. The summed E-state index contributed by atoms with van der Waals surface area (Å²) >= 11 is 1.74. The van der Waals surface area contributed by atoms with Crippen molar-refractivity contribution in [2.45, 2.75) is 32.7 Å². The van der Waals surface area contributed by atoms with Gasteiger partial charge in [0.1, 0.15) is 5.75 Å². The third-order valence-corrected chi connectivity index (χ3v) is 7.30. The second-order valence-corrected chi connectivity index (χ2v) is 9.53. The zero-order valence-corrected chi connectivity index (χ0v) is 19.7. The van der Waals surface area contributed by atoms with Crippen LogP contribution in [0.15, 0.2) is 47.8 Å². The summed E-state index contributed by atoms with van der Waals surface area (Å²) in [6.07, 6.45) is 1.97. The van der Waals surface area contributed by atoms with Gasteiger partial charge in [-0.2, -0.15) is 0 Å². The van der Waals surface area contributed by atoms with Crippen LogP contribution >= 0.6 is 11.3 Å². The summed E-state index contributed by atoms with van der Waals surface area (Å²) < 4.78 is 5.67. The summed E-state index contributed by atoms with van der Waals surface area (Å²) in [5.41, 5.74) is 4.92. The fourth-order valence-electron chi connectivity index (χ4n) is 4.38. The number of hydrogen-bond acceptors (Lipinski definition) is 5. The highest BCUT2D eigenvalue weighted by molar-refractivity contribution is 7.10. The van der Waals surface area contributed by atoms with Crippen LogP contribution < -0.4 is 15.4 Å². The van der Waals surface area contributed by atoms with Crippen molar-refractivity contribution in [3.63, 3.8) is 0 Å². The number of amides is 3. The standard InChI is InChI=1S/C26H25N3O4S/c1-16-20(26(32)29-11-9-23-18(14-29)10-12-34-23)3-2-4-21(16)27-25(31)15-33-19-6-7-22-17(13-19)5-8-24(30)28-22/h2-4,6-7,10,12-13H,5,8-9,11,14-15H2,1H3,(H,27,31)(H,28,30). The number of benzene rings is 2. The van der Waals surface area contributed by atoms with E-state index in [1.807, 2.05) is 17.9 Å². The topological polar surface area (TPSA) is 87.7 Å². The van der Waals surface area contributed by atoms with Crippen molar-refractivity contribution < 1.29 is 19.1 Å². The van der Waals surface area contributed by atoms with Crippen molar-refractivity contribution >= 4 is 40.4 Å². The van der Waals surface area contributed by atoms with Gasteiger partial charge in [0.25, 0.3) is 11.8 Å². The molecule has 0 fully saturated rings. The van der Waals surface area contributed by atoms with Crippen molar-refractivity contribution in [3.05, 3.63) is 75.0 Å². The van der Waals surface area contributed by atoms with Crippen LogP contribution in [-0.2, 0) is 29.0 Å². The van der Waals surface area contributed by atoms with E-state index in [0.717, 1.165) is 23.2 Å². The minimum Gasteiger partial charge on any atom is -0.484 e. The molecule has 5 rings (SSSR count). The molecule has 3 aromatic rings. The Hall–Kier alpha value is -3.65. The summed E-state index contributed by atoms with van der Waals surface area (Å²) in [4.78, 5) is 40.5. The zero-order valence-electron chi connectivity index (χ0n) is 18.8. The van der Waals surface area contributed by atoms with E-state index in [-0.39, 0.29) is 24.3 Å². The molecule has 2 aliphatic heterocycles. The van der Waals surface area contributed by atoms with Crippen LogP contribution in [0.1, 0.15) is 38.3 Å². The first-order valence-electron chi connectivity index (χ1n) is 11.3. The van der Waals surface area contributed by atoms with Crippen LogP contribution in [0, 0.1) is 6.92 Å². The molecule has 7 nitrogen and oxygen atoms in total. The van der Waals surface area contributed by atoms with E-state index < -0.39 is 0 Å². The zero-order chi connectivity index (χ0) is 23.7. The lowest BCUT2D eigenvalue weighted by atomic mass is 10.0. The lowest BCUT2D eigenvalue weighted by Gasteiger charge is -2.28. The number of thiophene rings is 1. The number of nitrogens with zero attached hydrogens (tertiary/aromatic N) is 1. The second-order valence-electron chi connectivity index (χ2n) is 8.53. The number of carbonyl (C=O) groups excluding carboxylic acids is 3. The summed E-state index contributed by atoms with van der Waals surface area (Å²) in [6, 6.07) is 12.8. The van der Waals surface area contributed by atoms with Crippen LogP contribution in [0.25, 0.3) is 0 Å². The number of ether oxygens (including phenoxy) is 1. The Morgan fingerprint density at radius 1 is 1.12 bits per heavy atom. The normalized spacial score (nSPS) is 14.6. The van der Waals surface area contributed by atoms with Gasteiger partial charge in [0.2, 0.25) is 5.91 Å². The maximum atomic E-state index is 13.2. The van der Waals surface area contributed by atoms with Gasteiger partial charge < -0.3 is 20.3 Å². The number of hydrogen-bond donors (Lipinski definition) is 2. The van der Waals surface area contributed by atoms with Gasteiger partial charge in [-0.1, -0.05) is 6.07 Å². The number of rotatable bonds is 5. The van der Waals surface area contributed by atoms with Gasteiger partial charge in [-0.15, -0.1) is 11.3 Å². The molecule has 2 aromatic carbocycles. The minimum atomic E-state index is -0.306. The Balaban J connectivity index is 1.22.